The molecule has 3 nitrogen and oxygen atoms in total. The van der Waals surface area contributed by atoms with Crippen LogP contribution in [0.1, 0.15) is 96.4 Å². The fourth-order valence-electron chi connectivity index (χ4n) is 12.5. The highest BCUT2D eigenvalue weighted by Crippen LogP contribution is 2.62. The Morgan fingerprint density at radius 2 is 1.28 bits per heavy atom. The second-order valence-electron chi connectivity index (χ2n) is 19.7. The third-order valence-electron chi connectivity index (χ3n) is 15.4. The molecule has 0 amide bonds. The number of benzene rings is 6. The van der Waals surface area contributed by atoms with Crippen LogP contribution in [0, 0.1) is 0 Å². The zero-order valence-electron chi connectivity index (χ0n) is 34.4. The molecule has 2 unspecified atom stereocenters. The first kappa shape index (κ1) is 33.6. The summed E-state index contributed by atoms with van der Waals surface area (Å²) < 4.78 is 2.74. The van der Waals surface area contributed by atoms with E-state index in [9.17, 15) is 0 Å². The molecule has 5 aliphatic rings. The van der Waals surface area contributed by atoms with Crippen LogP contribution >= 0.6 is 0 Å². The maximum Gasteiger partial charge on any atom is 0.252 e. The lowest BCUT2D eigenvalue weighted by Crippen LogP contribution is -2.64. The van der Waals surface area contributed by atoms with Crippen LogP contribution in [0.2, 0.25) is 0 Å². The van der Waals surface area contributed by atoms with Gasteiger partial charge in [0.2, 0.25) is 0 Å². The van der Waals surface area contributed by atoms with Crippen LogP contribution in [-0.2, 0) is 16.2 Å². The van der Waals surface area contributed by atoms with E-state index >= 15 is 0 Å². The summed E-state index contributed by atoms with van der Waals surface area (Å²) in [5, 5.41) is 1.41. The Kier molecular flexibility index (Phi) is 6.45. The van der Waals surface area contributed by atoms with Crippen molar-refractivity contribution in [3.8, 4) is 16.9 Å². The molecule has 12 rings (SSSR count). The zero-order chi connectivity index (χ0) is 38.8. The Labute approximate surface area is 338 Å². The monoisotopic (exact) mass is 739 g/mol. The topological polar surface area (TPSA) is 11.4 Å². The maximum atomic E-state index is 2.88. The second-order valence-corrected chi connectivity index (χ2v) is 19.7. The van der Waals surface area contributed by atoms with Gasteiger partial charge in [-0.1, -0.05) is 139 Å². The van der Waals surface area contributed by atoms with E-state index in [-0.39, 0.29) is 28.5 Å². The van der Waals surface area contributed by atoms with Crippen LogP contribution in [0.3, 0.4) is 0 Å². The minimum Gasteiger partial charge on any atom is -0.335 e. The van der Waals surface area contributed by atoms with Crippen LogP contribution in [0.5, 0.6) is 0 Å². The SMILES string of the molecule is CC(C)(C)c1cc2c3c(c1)c1c(n3-c3cc(N(c4ccccc4)c4ccccc4)cc4c3B2c2cccc3c2N4C2(C)CCCCC32C)-c2ccccc2C1(C)C. The number of hydrogen-bond donors (Lipinski definition) is 0. The number of anilines is 5. The number of fused-ring (bicyclic) bond motifs is 12. The van der Waals surface area contributed by atoms with Crippen LogP contribution < -0.4 is 26.2 Å². The Morgan fingerprint density at radius 1 is 0.632 bits per heavy atom. The highest BCUT2D eigenvalue weighted by atomic mass is 15.3. The summed E-state index contributed by atoms with van der Waals surface area (Å²) in [6.07, 6.45) is 4.93. The molecule has 4 heterocycles. The first-order valence-electron chi connectivity index (χ1n) is 21.3. The Hall–Kier alpha value is -5.48. The molecule has 0 N–H and O–H groups in total. The molecule has 2 atom stereocenters. The second kappa shape index (κ2) is 10.9. The predicted octanol–water partition coefficient (Wildman–Crippen LogP) is 11.6. The van der Waals surface area contributed by atoms with Gasteiger partial charge in [-0.3, -0.25) is 0 Å². The lowest BCUT2D eigenvalue weighted by atomic mass is 9.33. The van der Waals surface area contributed by atoms with E-state index in [1.165, 1.54) is 115 Å². The molecular formula is C53H50BN3. The van der Waals surface area contributed by atoms with Crippen molar-refractivity contribution in [1.29, 1.82) is 0 Å². The third kappa shape index (κ3) is 4.04. The highest BCUT2D eigenvalue weighted by Gasteiger charge is 2.61. The van der Waals surface area contributed by atoms with Crippen molar-refractivity contribution in [2.24, 2.45) is 0 Å². The molecule has 0 spiro atoms. The first-order chi connectivity index (χ1) is 27.4. The van der Waals surface area contributed by atoms with Crippen molar-refractivity contribution < 1.29 is 0 Å². The van der Waals surface area contributed by atoms with Gasteiger partial charge < -0.3 is 14.4 Å². The molecule has 280 valence electrons. The lowest BCUT2D eigenvalue weighted by molar-refractivity contribution is 0.195. The average molecular weight is 740 g/mol. The molecule has 7 aromatic rings. The molecule has 2 aliphatic carbocycles. The van der Waals surface area contributed by atoms with Crippen molar-refractivity contribution in [2.75, 3.05) is 9.80 Å². The fourth-order valence-corrected chi connectivity index (χ4v) is 12.5. The molecule has 57 heavy (non-hydrogen) atoms. The van der Waals surface area contributed by atoms with Crippen molar-refractivity contribution in [1.82, 2.24) is 4.57 Å². The van der Waals surface area contributed by atoms with Gasteiger partial charge in [-0.25, -0.2) is 0 Å². The third-order valence-corrected chi connectivity index (χ3v) is 15.4. The minimum absolute atomic E-state index is 0.0106. The largest absolute Gasteiger partial charge is 0.335 e. The number of hydrogen-bond acceptors (Lipinski definition) is 2. The average Bonchev–Trinajstić information content (AvgIpc) is 3.76. The smallest absolute Gasteiger partial charge is 0.252 e. The standard InChI is InChI=1S/C53H50BN3/c1-50(2,3)33-29-38-45-48(37-23-14-15-24-39(37)51(45,4)5)56-43-31-36(55(34-19-10-8-11-20-34)35-21-12-9-13-22-35)32-44-46(43)54(42(30-33)47(38)56)41-26-18-25-40-49(41)57(44)53(7)28-17-16-27-52(40,53)6/h8-15,18-26,29-32H,16-17,27-28H2,1-7H3. The number of nitrogens with zero attached hydrogens (tertiary/aromatic N) is 3. The lowest BCUT2D eigenvalue weighted by Gasteiger charge is -2.52. The predicted molar refractivity (Wildman–Crippen MR) is 242 cm³/mol. The molecule has 3 aliphatic heterocycles. The van der Waals surface area contributed by atoms with Crippen LogP contribution in [0.4, 0.5) is 28.4 Å². The molecule has 0 radical (unpaired) electrons. The molecule has 1 fully saturated rings. The normalized spacial score (nSPS) is 21.5. The van der Waals surface area contributed by atoms with Crippen molar-refractivity contribution >= 4 is 62.4 Å². The van der Waals surface area contributed by atoms with E-state index < -0.39 is 0 Å². The minimum atomic E-state index is -0.149. The summed E-state index contributed by atoms with van der Waals surface area (Å²) in [7, 11) is 0. The van der Waals surface area contributed by atoms with E-state index in [2.05, 4.69) is 190 Å². The zero-order valence-corrected chi connectivity index (χ0v) is 34.4. The van der Waals surface area contributed by atoms with Gasteiger partial charge in [0.25, 0.3) is 6.71 Å². The summed E-state index contributed by atoms with van der Waals surface area (Å²) in [6.45, 7) is 17.4. The number of para-hydroxylation sites is 3. The van der Waals surface area contributed by atoms with Gasteiger partial charge >= 0.3 is 0 Å². The van der Waals surface area contributed by atoms with Gasteiger partial charge in [-0.2, -0.15) is 0 Å². The highest BCUT2D eigenvalue weighted by molar-refractivity contribution is 7.00. The molecule has 1 saturated carbocycles. The van der Waals surface area contributed by atoms with E-state index in [0.717, 1.165) is 0 Å². The Morgan fingerprint density at radius 3 is 2.00 bits per heavy atom. The van der Waals surface area contributed by atoms with E-state index in [4.69, 9.17) is 0 Å². The van der Waals surface area contributed by atoms with Gasteiger partial charge in [0.05, 0.1) is 16.9 Å². The van der Waals surface area contributed by atoms with Crippen LogP contribution in [-0.4, -0.2) is 16.8 Å². The first-order valence-corrected chi connectivity index (χ1v) is 21.3. The summed E-state index contributed by atoms with van der Waals surface area (Å²) in [6, 6.07) is 48.9. The van der Waals surface area contributed by atoms with Crippen LogP contribution in [0.15, 0.2) is 127 Å². The van der Waals surface area contributed by atoms with Crippen molar-refractivity contribution in [3.63, 3.8) is 0 Å². The summed E-state index contributed by atoms with van der Waals surface area (Å²) >= 11 is 0. The molecule has 6 aromatic carbocycles. The number of aromatic nitrogens is 1. The van der Waals surface area contributed by atoms with Gasteiger partial charge in [-0.05, 0) is 106 Å². The molecule has 4 heteroatoms. The molecule has 0 bridgehead atoms. The number of rotatable bonds is 3. The Balaban J connectivity index is 1.29. The van der Waals surface area contributed by atoms with E-state index in [0.29, 0.717) is 0 Å². The molecule has 1 aromatic heterocycles. The van der Waals surface area contributed by atoms with Crippen molar-refractivity contribution in [3.05, 3.63) is 150 Å². The Bertz CT molecular complexity index is 2820. The van der Waals surface area contributed by atoms with Gasteiger partial charge in [0, 0.05) is 55.7 Å². The van der Waals surface area contributed by atoms with Crippen molar-refractivity contribution in [2.45, 2.75) is 95.9 Å². The quantitative estimate of drug-likeness (QED) is 0.167. The van der Waals surface area contributed by atoms with Crippen LogP contribution in [0.25, 0.3) is 27.8 Å². The molecule has 0 saturated heterocycles. The maximum absolute atomic E-state index is 2.88. The molecular weight excluding hydrogens is 689 g/mol. The van der Waals surface area contributed by atoms with Gasteiger partial charge in [0.15, 0.2) is 0 Å². The summed E-state index contributed by atoms with van der Waals surface area (Å²) in [5.41, 5.74) is 21.9. The summed E-state index contributed by atoms with van der Waals surface area (Å²) in [4.78, 5) is 5.37. The van der Waals surface area contributed by atoms with E-state index in [1.54, 1.807) is 5.56 Å². The van der Waals surface area contributed by atoms with Gasteiger partial charge in [0.1, 0.15) is 0 Å². The fraction of sp³-hybridized carbons (Fsp3) is 0.283. The van der Waals surface area contributed by atoms with Gasteiger partial charge in [-0.15, -0.1) is 0 Å². The van der Waals surface area contributed by atoms with E-state index in [1.807, 2.05) is 0 Å². The summed E-state index contributed by atoms with van der Waals surface area (Å²) in [5.74, 6) is 0.